The smallest absolute Gasteiger partial charge is 0.518 e. The molecule has 0 heterocycles. The number of rotatable bonds is 2. The van der Waals surface area contributed by atoms with E-state index in [9.17, 15) is 0 Å². The number of hydrogen-bond donors (Lipinski definition) is 0. The molecule has 0 aromatic carbocycles. The van der Waals surface area contributed by atoms with Crippen LogP contribution in [-0.2, 0) is 0 Å². The fourth-order valence-corrected chi connectivity index (χ4v) is 0.167. The van der Waals surface area contributed by atoms with Crippen LogP contribution in [0.1, 0.15) is 19.8 Å². The molecular formula is C5H9Li. The average Bonchev–Trinajstić information content (AvgIpc) is 1.41. The van der Waals surface area contributed by atoms with Crippen molar-refractivity contribution in [3.63, 3.8) is 0 Å². The minimum atomic E-state index is 0. The minimum Gasteiger partial charge on any atom is -0.518 e. The van der Waals surface area contributed by atoms with Gasteiger partial charge < -0.3 is 6.58 Å². The van der Waals surface area contributed by atoms with Crippen LogP contribution in [0.3, 0.4) is 0 Å². The van der Waals surface area contributed by atoms with E-state index in [0.717, 1.165) is 12.8 Å². The van der Waals surface area contributed by atoms with Crippen molar-refractivity contribution in [3.05, 3.63) is 12.7 Å². The standard InChI is InChI=1S/C5H9.Li/c1-3-5-4-2;/h1,3H,4-5H2,2H3;/q-1;+1. The molecule has 0 aromatic heterocycles. The monoisotopic (exact) mass is 76.1 g/mol. The molecule has 0 rings (SSSR count). The molecule has 0 fully saturated rings. The number of unbranched alkanes of at least 4 members (excludes halogenated alkanes) is 1. The van der Waals surface area contributed by atoms with Crippen LogP contribution < -0.4 is 18.9 Å². The summed E-state index contributed by atoms with van der Waals surface area (Å²) in [6.45, 7) is 7.11. The Morgan fingerprint density at radius 3 is 2.17 bits per heavy atom. The quantitative estimate of drug-likeness (QED) is 0.285. The third-order valence-corrected chi connectivity index (χ3v) is 0.455. The van der Waals surface area contributed by atoms with Gasteiger partial charge in [-0.15, -0.1) is 0 Å². The summed E-state index contributed by atoms with van der Waals surface area (Å²) in [5.41, 5.74) is 0. The summed E-state index contributed by atoms with van der Waals surface area (Å²) < 4.78 is 0. The molecule has 0 unspecified atom stereocenters. The minimum absolute atomic E-state index is 0. The fourth-order valence-electron chi connectivity index (χ4n) is 0.167. The molecule has 0 N–H and O–H groups in total. The molecule has 6 heavy (non-hydrogen) atoms. The van der Waals surface area contributed by atoms with E-state index < -0.39 is 0 Å². The van der Waals surface area contributed by atoms with Gasteiger partial charge in [0.2, 0.25) is 0 Å². The Morgan fingerprint density at radius 1 is 1.67 bits per heavy atom. The molecule has 30 valence electrons. The van der Waals surface area contributed by atoms with Crippen LogP contribution in [0.15, 0.2) is 6.08 Å². The van der Waals surface area contributed by atoms with Crippen LogP contribution in [0.4, 0.5) is 0 Å². The van der Waals surface area contributed by atoms with Crippen LogP contribution in [0.25, 0.3) is 0 Å². The first-order valence-corrected chi connectivity index (χ1v) is 1.95. The van der Waals surface area contributed by atoms with Gasteiger partial charge in [0.15, 0.2) is 0 Å². The molecule has 0 saturated heterocycles. The van der Waals surface area contributed by atoms with E-state index in [1.165, 1.54) is 0 Å². The van der Waals surface area contributed by atoms with E-state index in [1.54, 1.807) is 6.08 Å². The van der Waals surface area contributed by atoms with Gasteiger partial charge >= 0.3 is 18.9 Å². The van der Waals surface area contributed by atoms with Crippen molar-refractivity contribution in [2.75, 3.05) is 0 Å². The summed E-state index contributed by atoms with van der Waals surface area (Å²) in [5, 5.41) is 0. The predicted octanol–water partition coefficient (Wildman–Crippen LogP) is -1.22. The maximum atomic E-state index is 5.01. The Bertz CT molecular complexity index is 25.1. The van der Waals surface area contributed by atoms with Gasteiger partial charge in [-0.2, -0.15) is 0 Å². The Hall–Kier alpha value is 0.337. The molecule has 0 aliphatic heterocycles. The second-order valence-electron chi connectivity index (χ2n) is 1.02. The predicted molar refractivity (Wildman–Crippen MR) is 23.8 cm³/mol. The van der Waals surface area contributed by atoms with Crippen LogP contribution in [0, 0.1) is 6.58 Å². The van der Waals surface area contributed by atoms with Gasteiger partial charge in [0.25, 0.3) is 0 Å². The van der Waals surface area contributed by atoms with Crippen molar-refractivity contribution in [2.24, 2.45) is 0 Å². The molecule has 0 amide bonds. The molecule has 0 spiro atoms. The van der Waals surface area contributed by atoms with Crippen molar-refractivity contribution in [1.29, 1.82) is 0 Å². The Kier molecular flexibility index (Phi) is 14.4. The molecule has 0 aliphatic carbocycles. The van der Waals surface area contributed by atoms with Gasteiger partial charge in [-0.1, -0.05) is 19.8 Å². The van der Waals surface area contributed by atoms with E-state index in [1.807, 2.05) is 0 Å². The maximum absolute atomic E-state index is 5.01. The second-order valence-corrected chi connectivity index (χ2v) is 1.02. The molecule has 0 saturated carbocycles. The molecule has 0 radical (unpaired) electrons. The average molecular weight is 76.1 g/mol. The van der Waals surface area contributed by atoms with Crippen LogP contribution >= 0.6 is 0 Å². The molecular weight excluding hydrogens is 67.0 g/mol. The Balaban J connectivity index is 0. The third-order valence-electron chi connectivity index (χ3n) is 0.455. The van der Waals surface area contributed by atoms with Gasteiger partial charge in [-0.25, -0.2) is 0 Å². The van der Waals surface area contributed by atoms with E-state index >= 15 is 0 Å². The molecule has 0 bridgehead atoms. The molecule has 0 aliphatic rings. The molecule has 0 nitrogen and oxygen atoms in total. The topological polar surface area (TPSA) is 0 Å². The van der Waals surface area contributed by atoms with Gasteiger partial charge in [0, 0.05) is 0 Å². The van der Waals surface area contributed by atoms with Crippen molar-refractivity contribution in [2.45, 2.75) is 19.8 Å². The summed E-state index contributed by atoms with van der Waals surface area (Å²) in [6.07, 6.45) is 3.89. The summed E-state index contributed by atoms with van der Waals surface area (Å²) >= 11 is 0. The van der Waals surface area contributed by atoms with E-state index in [4.69, 9.17) is 6.58 Å². The molecule has 1 heteroatoms. The molecule has 0 atom stereocenters. The van der Waals surface area contributed by atoms with Crippen molar-refractivity contribution in [3.8, 4) is 0 Å². The molecule has 0 aromatic rings. The first-order chi connectivity index (χ1) is 2.41. The van der Waals surface area contributed by atoms with Crippen molar-refractivity contribution in [1.82, 2.24) is 0 Å². The zero-order chi connectivity index (χ0) is 4.12. The number of hydrogen-bond acceptors (Lipinski definition) is 0. The van der Waals surface area contributed by atoms with E-state index in [0.29, 0.717) is 0 Å². The van der Waals surface area contributed by atoms with E-state index in [-0.39, 0.29) is 18.9 Å². The van der Waals surface area contributed by atoms with Gasteiger partial charge in [-0.05, 0) is 0 Å². The first-order valence-electron chi connectivity index (χ1n) is 1.95. The Labute approximate surface area is 51.8 Å². The second kappa shape index (κ2) is 9.02. The van der Waals surface area contributed by atoms with Gasteiger partial charge in [0.1, 0.15) is 0 Å². The van der Waals surface area contributed by atoms with Crippen molar-refractivity contribution < 1.29 is 18.9 Å². The zero-order valence-corrected chi connectivity index (χ0v) is 4.57. The zero-order valence-electron chi connectivity index (χ0n) is 4.57. The summed E-state index contributed by atoms with van der Waals surface area (Å²) in [6, 6.07) is 0. The van der Waals surface area contributed by atoms with Crippen LogP contribution in [0.5, 0.6) is 0 Å². The summed E-state index contributed by atoms with van der Waals surface area (Å²) in [7, 11) is 0. The van der Waals surface area contributed by atoms with E-state index in [2.05, 4.69) is 6.92 Å². The maximum Gasteiger partial charge on any atom is 1.00 e. The normalized spacial score (nSPS) is 6.17. The first kappa shape index (κ1) is 9.60. The van der Waals surface area contributed by atoms with Crippen molar-refractivity contribution >= 4 is 0 Å². The fraction of sp³-hybridized carbons (Fsp3) is 0.600. The third kappa shape index (κ3) is 8.84. The SMILES string of the molecule is [CH-]=CCCC.[Li+]. The summed E-state index contributed by atoms with van der Waals surface area (Å²) in [5.74, 6) is 0. The van der Waals surface area contributed by atoms with Crippen LogP contribution in [-0.4, -0.2) is 0 Å². The van der Waals surface area contributed by atoms with Gasteiger partial charge in [0.05, 0.1) is 0 Å². The van der Waals surface area contributed by atoms with Crippen LogP contribution in [0.2, 0.25) is 0 Å². The Morgan fingerprint density at radius 2 is 2.17 bits per heavy atom. The largest absolute Gasteiger partial charge is 1.00 e. The summed E-state index contributed by atoms with van der Waals surface area (Å²) in [4.78, 5) is 0. The number of allylic oxidation sites excluding steroid dienone is 1. The van der Waals surface area contributed by atoms with Gasteiger partial charge in [-0.3, -0.25) is 6.08 Å².